The van der Waals surface area contributed by atoms with E-state index in [9.17, 15) is 9.59 Å². The minimum absolute atomic E-state index is 0.0637. The van der Waals surface area contributed by atoms with Gasteiger partial charge in [-0.15, -0.1) is 0 Å². The highest BCUT2D eigenvalue weighted by Gasteiger charge is 2.06. The molecule has 3 aromatic carbocycles. The highest BCUT2D eigenvalue weighted by molar-refractivity contribution is 14.1. The van der Waals surface area contributed by atoms with Crippen molar-refractivity contribution in [3.8, 4) is 0 Å². The van der Waals surface area contributed by atoms with Crippen molar-refractivity contribution in [2.75, 3.05) is 0 Å². The minimum atomic E-state index is -0.0685. The Balaban J connectivity index is 0.000000136. The fourth-order valence-corrected chi connectivity index (χ4v) is 4.83. The molecule has 8 nitrogen and oxygen atoms in total. The summed E-state index contributed by atoms with van der Waals surface area (Å²) < 4.78 is 1.09. The van der Waals surface area contributed by atoms with Gasteiger partial charge in [0, 0.05) is 8.96 Å². The first-order valence-electron chi connectivity index (χ1n) is 12.0. The molecule has 0 radical (unpaired) electrons. The van der Waals surface area contributed by atoms with Crippen molar-refractivity contribution in [3.63, 3.8) is 0 Å². The largest absolute Gasteiger partial charge is 0.313 e. The van der Waals surface area contributed by atoms with Gasteiger partial charge in [0.05, 0.1) is 40.0 Å². The van der Waals surface area contributed by atoms with Crippen LogP contribution in [0.2, 0.25) is 5.15 Å². The van der Waals surface area contributed by atoms with Crippen LogP contribution < -0.4 is 11.1 Å². The van der Waals surface area contributed by atoms with E-state index in [1.165, 1.54) is 24.5 Å². The molecule has 6 rings (SSSR count). The molecule has 0 aliphatic rings. The summed E-state index contributed by atoms with van der Waals surface area (Å²) in [5, 5.41) is 2.88. The van der Waals surface area contributed by atoms with Crippen molar-refractivity contribution in [2.24, 2.45) is 0 Å². The number of halogens is 2. The van der Waals surface area contributed by atoms with Gasteiger partial charge >= 0.3 is 0 Å². The zero-order valence-electron chi connectivity index (χ0n) is 22.1. The monoisotopic (exact) mass is 652 g/mol. The second kappa shape index (κ2) is 12.0. The Labute approximate surface area is 243 Å². The fourth-order valence-electron chi connectivity index (χ4n) is 4.10. The third-order valence-corrected chi connectivity index (χ3v) is 8.09. The summed E-state index contributed by atoms with van der Waals surface area (Å²) in [5.74, 6) is 0. The van der Waals surface area contributed by atoms with Crippen molar-refractivity contribution in [2.45, 2.75) is 34.6 Å². The minimum Gasteiger partial charge on any atom is -0.313 e. The van der Waals surface area contributed by atoms with Crippen molar-refractivity contribution in [1.82, 2.24) is 29.9 Å². The molecule has 0 spiro atoms. The summed E-state index contributed by atoms with van der Waals surface area (Å²) in [6, 6.07) is 11.7. The lowest BCUT2D eigenvalue weighted by Crippen LogP contribution is -2.08. The highest BCUT2D eigenvalue weighted by atomic mass is 127. The van der Waals surface area contributed by atoms with E-state index in [2.05, 4.69) is 59.4 Å². The van der Waals surface area contributed by atoms with Crippen molar-refractivity contribution >= 4 is 66.9 Å². The van der Waals surface area contributed by atoms with Gasteiger partial charge in [-0.05, 0) is 109 Å². The maximum Gasteiger partial charge on any atom is 0.258 e. The quantitative estimate of drug-likeness (QED) is 0.147. The first kappa shape index (κ1) is 28.3. The molecule has 0 atom stereocenters. The number of benzene rings is 3. The van der Waals surface area contributed by atoms with Crippen LogP contribution in [-0.4, -0.2) is 29.9 Å². The van der Waals surface area contributed by atoms with Gasteiger partial charge in [0.15, 0.2) is 0 Å². The number of fused-ring (bicyclic) bond motifs is 3. The van der Waals surface area contributed by atoms with E-state index in [0.717, 1.165) is 47.8 Å². The summed E-state index contributed by atoms with van der Waals surface area (Å²) in [4.78, 5) is 44.3. The lowest BCUT2D eigenvalue weighted by Gasteiger charge is -2.04. The number of nitrogens with zero attached hydrogens (tertiary/aromatic N) is 4. The summed E-state index contributed by atoms with van der Waals surface area (Å²) in [6.45, 7) is 9.95. The Morgan fingerprint density at radius 3 is 1.64 bits per heavy atom. The summed E-state index contributed by atoms with van der Waals surface area (Å²) in [5.41, 5.74) is 7.77. The third kappa shape index (κ3) is 5.99. The maximum absolute atomic E-state index is 11.5. The van der Waals surface area contributed by atoms with Crippen LogP contribution in [-0.2, 0) is 0 Å². The lowest BCUT2D eigenvalue weighted by atomic mass is 10.1. The van der Waals surface area contributed by atoms with Crippen LogP contribution in [0.1, 0.15) is 27.8 Å². The molecule has 0 fully saturated rings. The molecule has 0 amide bonds. The lowest BCUT2D eigenvalue weighted by molar-refractivity contribution is 1.16. The van der Waals surface area contributed by atoms with Gasteiger partial charge in [0.2, 0.25) is 0 Å². The van der Waals surface area contributed by atoms with Crippen molar-refractivity contribution < 1.29 is 0 Å². The topological polar surface area (TPSA) is 117 Å². The fraction of sp³-hybridized carbons (Fsp3) is 0.172. The van der Waals surface area contributed by atoms with E-state index in [1.54, 1.807) is 0 Å². The second-order valence-electron chi connectivity index (χ2n) is 9.00. The second-order valence-corrected chi connectivity index (χ2v) is 10.5. The average Bonchev–Trinajstić information content (AvgIpc) is 2.91. The third-order valence-electron chi connectivity index (χ3n) is 6.63. The highest BCUT2D eigenvalue weighted by Crippen LogP contribution is 2.25. The molecule has 0 aliphatic heterocycles. The van der Waals surface area contributed by atoms with Crippen LogP contribution in [0.25, 0.3) is 32.7 Å². The molecule has 0 bridgehead atoms. The Bertz CT molecular complexity index is 1850. The smallest absolute Gasteiger partial charge is 0.258 e. The van der Waals surface area contributed by atoms with Gasteiger partial charge in [0.1, 0.15) is 11.5 Å². The Morgan fingerprint density at radius 1 is 0.615 bits per heavy atom. The van der Waals surface area contributed by atoms with Crippen molar-refractivity contribution in [3.05, 3.63) is 113 Å². The summed E-state index contributed by atoms with van der Waals surface area (Å²) in [7, 11) is 0. The van der Waals surface area contributed by atoms with E-state index in [1.807, 2.05) is 64.1 Å². The summed E-state index contributed by atoms with van der Waals surface area (Å²) in [6.07, 6.45) is 4.34. The van der Waals surface area contributed by atoms with E-state index < -0.39 is 0 Å². The van der Waals surface area contributed by atoms with Crippen LogP contribution in [0.15, 0.2) is 65.0 Å². The maximum atomic E-state index is 11.5. The molecule has 0 aliphatic carbocycles. The molecule has 0 saturated carbocycles. The van der Waals surface area contributed by atoms with Crippen LogP contribution in [0, 0.1) is 38.2 Å². The Morgan fingerprint density at radius 2 is 1.08 bits per heavy atom. The Hall–Kier alpha value is -3.70. The molecule has 198 valence electrons. The van der Waals surface area contributed by atoms with Gasteiger partial charge < -0.3 is 9.97 Å². The first-order valence-corrected chi connectivity index (χ1v) is 13.5. The molecule has 0 unspecified atom stereocenters. The number of H-pyrrole nitrogens is 2. The predicted molar refractivity (Wildman–Crippen MR) is 166 cm³/mol. The number of aromatic nitrogens is 6. The molecule has 3 aromatic heterocycles. The van der Waals surface area contributed by atoms with Gasteiger partial charge in [-0.3, -0.25) is 9.59 Å². The molecular formula is C29H26ClIN6O2. The van der Waals surface area contributed by atoms with Crippen molar-refractivity contribution in [1.29, 1.82) is 0 Å². The average molecular weight is 653 g/mol. The number of hydrogen-bond acceptors (Lipinski definition) is 6. The molecule has 10 heteroatoms. The van der Waals surface area contributed by atoms with Gasteiger partial charge in [-0.1, -0.05) is 23.7 Å². The number of rotatable bonds is 0. The Kier molecular flexibility index (Phi) is 8.71. The zero-order valence-corrected chi connectivity index (χ0v) is 25.0. The molecule has 0 saturated heterocycles. The van der Waals surface area contributed by atoms with Crippen LogP contribution in [0.3, 0.4) is 0 Å². The predicted octanol–water partition coefficient (Wildman–Crippen LogP) is 6.28. The van der Waals surface area contributed by atoms with E-state index in [4.69, 9.17) is 11.6 Å². The van der Waals surface area contributed by atoms with Crippen LogP contribution >= 0.6 is 34.2 Å². The normalized spacial score (nSPS) is 10.6. The number of hydrogen-bond donors (Lipinski definition) is 2. The summed E-state index contributed by atoms with van der Waals surface area (Å²) >= 11 is 8.19. The molecule has 2 N–H and O–H groups in total. The standard InChI is InChI=1S/C10H9ClN2.C10H10N2O.C9H7IN2O/c1-6-3-4-8-9(7(6)2)10(11)13-5-12-8;1-6-3-4-8-9(7(6)2)10(13)12-5-11-8;1-5-6(10)2-3-7-8(5)9(13)12-4-11-7/h3-5H,1-2H3;3-5H,1-2H3,(H,11,12,13);2-4H,1H3,(H,11,12,13). The van der Waals surface area contributed by atoms with E-state index >= 15 is 0 Å². The number of aromatic amines is 2. The number of nitrogens with one attached hydrogen (secondary N) is 2. The first-order chi connectivity index (χ1) is 18.6. The number of aryl methyl sites for hydroxylation is 5. The zero-order chi connectivity index (χ0) is 28.3. The van der Waals surface area contributed by atoms with Gasteiger partial charge in [-0.25, -0.2) is 19.9 Å². The van der Waals surface area contributed by atoms with Gasteiger partial charge in [-0.2, -0.15) is 0 Å². The SMILES string of the molecule is Cc1c(I)ccc2nc[nH]c(=O)c12.Cc1ccc2nc[nH]c(=O)c2c1C.Cc1ccc2ncnc(Cl)c2c1C. The molecular weight excluding hydrogens is 627 g/mol. The van der Waals surface area contributed by atoms with E-state index in [0.29, 0.717) is 15.9 Å². The molecule has 3 heterocycles. The molecule has 39 heavy (non-hydrogen) atoms. The van der Waals surface area contributed by atoms with Crippen LogP contribution in [0.5, 0.6) is 0 Å². The van der Waals surface area contributed by atoms with Crippen LogP contribution in [0.4, 0.5) is 0 Å². The van der Waals surface area contributed by atoms with E-state index in [-0.39, 0.29) is 11.1 Å². The van der Waals surface area contributed by atoms with Gasteiger partial charge in [0.25, 0.3) is 11.1 Å². The molecule has 6 aromatic rings.